The van der Waals surface area contributed by atoms with Gasteiger partial charge in [0.15, 0.2) is 0 Å². The van der Waals surface area contributed by atoms with Crippen molar-refractivity contribution in [1.29, 1.82) is 0 Å². The Morgan fingerprint density at radius 2 is 1.63 bits per heavy atom. The van der Waals surface area contributed by atoms with Gasteiger partial charge < -0.3 is 8.85 Å². The van der Waals surface area contributed by atoms with Gasteiger partial charge in [0.1, 0.15) is 0 Å². The van der Waals surface area contributed by atoms with Crippen LogP contribution in [-0.4, -0.2) is 30.9 Å². The standard InChI is InChI=1S/C12H18ClO4SSi/c1-3-16-19(17-4-2)10-9-11-5-7-12(8-6-11)18(13,14)15/h5-8H,3-4,9-10H2,1-2H3. The molecule has 1 radical (unpaired) electrons. The minimum Gasteiger partial charge on any atom is -0.394 e. The van der Waals surface area contributed by atoms with Crippen molar-refractivity contribution in [1.82, 2.24) is 0 Å². The average molecular weight is 322 g/mol. The van der Waals surface area contributed by atoms with E-state index in [1.807, 2.05) is 13.8 Å². The van der Waals surface area contributed by atoms with Crippen molar-refractivity contribution in [3.63, 3.8) is 0 Å². The van der Waals surface area contributed by atoms with Crippen molar-refractivity contribution >= 4 is 29.0 Å². The first-order valence-corrected chi connectivity index (χ1v) is 9.95. The summed E-state index contributed by atoms with van der Waals surface area (Å²) in [7, 11) is 0.393. The molecule has 0 aliphatic rings. The summed E-state index contributed by atoms with van der Waals surface area (Å²) in [5, 5.41) is 0. The second-order valence-corrected chi connectivity index (χ2v) is 8.21. The highest BCUT2D eigenvalue weighted by atomic mass is 35.7. The van der Waals surface area contributed by atoms with Gasteiger partial charge in [-0.2, -0.15) is 0 Å². The highest BCUT2D eigenvalue weighted by molar-refractivity contribution is 8.13. The average Bonchev–Trinajstić information content (AvgIpc) is 2.36. The van der Waals surface area contributed by atoms with Crippen LogP contribution in [0.15, 0.2) is 29.2 Å². The first-order chi connectivity index (χ1) is 8.97. The summed E-state index contributed by atoms with van der Waals surface area (Å²) in [6, 6.07) is 7.41. The van der Waals surface area contributed by atoms with Crippen molar-refractivity contribution < 1.29 is 17.3 Å². The third-order valence-electron chi connectivity index (χ3n) is 2.43. The predicted molar refractivity (Wildman–Crippen MR) is 77.0 cm³/mol. The Kier molecular flexibility index (Phi) is 7.02. The van der Waals surface area contributed by atoms with Crippen molar-refractivity contribution in [3.8, 4) is 0 Å². The van der Waals surface area contributed by atoms with Crippen LogP contribution in [0.25, 0.3) is 0 Å². The fourth-order valence-electron chi connectivity index (χ4n) is 1.57. The van der Waals surface area contributed by atoms with Gasteiger partial charge in [-0.3, -0.25) is 0 Å². The second-order valence-electron chi connectivity index (χ2n) is 3.82. The Morgan fingerprint density at radius 1 is 1.11 bits per heavy atom. The second kappa shape index (κ2) is 8.01. The van der Waals surface area contributed by atoms with Gasteiger partial charge in [0.05, 0.1) is 4.90 Å². The van der Waals surface area contributed by atoms with E-state index in [2.05, 4.69) is 0 Å². The number of hydrogen-bond donors (Lipinski definition) is 0. The van der Waals surface area contributed by atoms with Gasteiger partial charge in [-0.05, 0) is 44.0 Å². The minimum absolute atomic E-state index is 0.123. The molecule has 19 heavy (non-hydrogen) atoms. The predicted octanol–water partition coefficient (Wildman–Crippen LogP) is 2.72. The van der Waals surface area contributed by atoms with E-state index in [1.54, 1.807) is 12.1 Å². The van der Waals surface area contributed by atoms with E-state index < -0.39 is 18.3 Å². The summed E-state index contributed by atoms with van der Waals surface area (Å²) >= 11 is 0. The summed E-state index contributed by atoms with van der Waals surface area (Å²) in [6.45, 7) is 5.20. The molecule has 0 aliphatic carbocycles. The van der Waals surface area contributed by atoms with Crippen molar-refractivity contribution in [2.24, 2.45) is 0 Å². The van der Waals surface area contributed by atoms with Gasteiger partial charge in [0.25, 0.3) is 9.05 Å². The van der Waals surface area contributed by atoms with Crippen molar-refractivity contribution in [2.75, 3.05) is 13.2 Å². The highest BCUT2D eigenvalue weighted by Crippen LogP contribution is 2.16. The lowest BCUT2D eigenvalue weighted by atomic mass is 10.2. The summed E-state index contributed by atoms with van der Waals surface area (Å²) < 4.78 is 33.3. The first kappa shape index (κ1) is 16.7. The smallest absolute Gasteiger partial charge is 0.384 e. The molecule has 0 unspecified atom stereocenters. The lowest BCUT2D eigenvalue weighted by molar-refractivity contribution is 0.213. The zero-order valence-electron chi connectivity index (χ0n) is 11.1. The molecular formula is C12H18ClO4SSi. The van der Waals surface area contributed by atoms with Gasteiger partial charge in [-0.25, -0.2) is 8.42 Å². The Hall–Kier alpha value is -0.403. The Bertz CT molecular complexity index is 469. The van der Waals surface area contributed by atoms with Gasteiger partial charge in [-0.15, -0.1) is 0 Å². The molecule has 0 saturated heterocycles. The van der Waals surface area contributed by atoms with E-state index in [-0.39, 0.29) is 4.90 Å². The van der Waals surface area contributed by atoms with Gasteiger partial charge >= 0.3 is 9.28 Å². The molecule has 4 nitrogen and oxygen atoms in total. The number of hydrogen-bond acceptors (Lipinski definition) is 4. The fourth-order valence-corrected chi connectivity index (χ4v) is 3.85. The SMILES string of the molecule is CCO[Si](CCc1ccc(S(=O)(=O)Cl)cc1)OCC. The highest BCUT2D eigenvalue weighted by Gasteiger charge is 2.15. The number of rotatable bonds is 8. The minimum atomic E-state index is -3.64. The molecule has 1 aromatic carbocycles. The largest absolute Gasteiger partial charge is 0.394 e. The normalized spacial score (nSPS) is 12.0. The molecule has 0 amide bonds. The van der Waals surface area contributed by atoms with Crippen LogP contribution in [-0.2, 0) is 24.3 Å². The number of aryl methyl sites for hydroxylation is 1. The van der Waals surface area contributed by atoms with Crippen molar-refractivity contribution in [3.05, 3.63) is 29.8 Å². The lowest BCUT2D eigenvalue weighted by Crippen LogP contribution is -2.23. The van der Waals surface area contributed by atoms with E-state index in [0.29, 0.717) is 13.2 Å². The molecule has 0 fully saturated rings. The van der Waals surface area contributed by atoms with Crippen LogP contribution >= 0.6 is 10.7 Å². The molecule has 0 spiro atoms. The summed E-state index contributed by atoms with van der Waals surface area (Å²) in [5.41, 5.74) is 1.05. The molecule has 0 atom stereocenters. The molecule has 7 heteroatoms. The topological polar surface area (TPSA) is 52.6 Å². The maximum absolute atomic E-state index is 11.1. The quantitative estimate of drug-likeness (QED) is 0.545. The molecule has 0 saturated carbocycles. The maximum Gasteiger partial charge on any atom is 0.384 e. The zero-order valence-corrected chi connectivity index (χ0v) is 13.6. The Morgan fingerprint density at radius 3 is 2.05 bits per heavy atom. The van der Waals surface area contributed by atoms with Crippen LogP contribution in [0.2, 0.25) is 6.04 Å². The third-order valence-corrected chi connectivity index (χ3v) is 5.68. The molecule has 107 valence electrons. The molecule has 0 aliphatic heterocycles. The van der Waals surface area contributed by atoms with Crippen LogP contribution < -0.4 is 0 Å². The van der Waals surface area contributed by atoms with Gasteiger partial charge in [-0.1, -0.05) is 12.1 Å². The monoisotopic (exact) mass is 321 g/mol. The van der Waals surface area contributed by atoms with E-state index in [1.165, 1.54) is 12.1 Å². The lowest BCUT2D eigenvalue weighted by Gasteiger charge is -2.12. The van der Waals surface area contributed by atoms with Crippen LogP contribution in [0.1, 0.15) is 19.4 Å². The maximum atomic E-state index is 11.1. The molecule has 1 aromatic rings. The molecule has 0 bridgehead atoms. The van der Waals surface area contributed by atoms with Gasteiger partial charge in [0, 0.05) is 23.9 Å². The summed E-state index contributed by atoms with van der Waals surface area (Å²) in [5.74, 6) is 0. The van der Waals surface area contributed by atoms with Crippen LogP contribution in [0.5, 0.6) is 0 Å². The third kappa shape index (κ3) is 6.05. The van der Waals surface area contributed by atoms with Crippen LogP contribution in [0, 0.1) is 0 Å². The van der Waals surface area contributed by atoms with E-state index in [9.17, 15) is 8.42 Å². The Balaban J connectivity index is 2.58. The first-order valence-electron chi connectivity index (χ1n) is 6.12. The molecular weight excluding hydrogens is 304 g/mol. The van der Waals surface area contributed by atoms with Crippen molar-refractivity contribution in [2.45, 2.75) is 31.2 Å². The fraction of sp³-hybridized carbons (Fsp3) is 0.500. The summed E-state index contributed by atoms with van der Waals surface area (Å²) in [6.07, 6.45) is 0.802. The van der Waals surface area contributed by atoms with E-state index in [0.717, 1.165) is 18.0 Å². The number of halogens is 1. The summed E-state index contributed by atoms with van der Waals surface area (Å²) in [4.78, 5) is 0.123. The Labute approximate surface area is 121 Å². The van der Waals surface area contributed by atoms with E-state index in [4.69, 9.17) is 19.5 Å². The van der Waals surface area contributed by atoms with Crippen LogP contribution in [0.3, 0.4) is 0 Å². The molecule has 1 rings (SSSR count). The van der Waals surface area contributed by atoms with E-state index >= 15 is 0 Å². The van der Waals surface area contributed by atoms with Gasteiger partial charge in [0.2, 0.25) is 0 Å². The molecule has 0 aromatic heterocycles. The molecule has 0 N–H and O–H groups in total. The number of benzene rings is 1. The molecule has 0 heterocycles. The zero-order chi connectivity index (χ0) is 14.3. The van der Waals surface area contributed by atoms with Crippen LogP contribution in [0.4, 0.5) is 0 Å².